The molecular formula is C11H14ClNO3. The minimum Gasteiger partial charge on any atom is -0.486 e. The van der Waals surface area contributed by atoms with Gasteiger partial charge in [0.05, 0.1) is 5.02 Å². The van der Waals surface area contributed by atoms with Crippen LogP contribution >= 0.6 is 11.6 Å². The lowest BCUT2D eigenvalue weighted by atomic mass is 10.0. The summed E-state index contributed by atoms with van der Waals surface area (Å²) in [5.41, 5.74) is 4.05. The first-order chi connectivity index (χ1) is 7.77. The molecule has 0 atom stereocenters. The Bertz CT molecular complexity index is 395. The topological polar surface area (TPSA) is 50.7 Å². The van der Waals surface area contributed by atoms with E-state index in [1.54, 1.807) is 0 Å². The highest BCUT2D eigenvalue weighted by molar-refractivity contribution is 6.33. The van der Waals surface area contributed by atoms with Gasteiger partial charge in [0, 0.05) is 6.54 Å². The summed E-state index contributed by atoms with van der Waals surface area (Å²) in [6.45, 7) is 3.41. The third kappa shape index (κ3) is 1.96. The van der Waals surface area contributed by atoms with Crippen molar-refractivity contribution < 1.29 is 14.7 Å². The molecule has 0 saturated heterocycles. The van der Waals surface area contributed by atoms with Crippen LogP contribution in [0.1, 0.15) is 18.1 Å². The molecule has 4 nitrogen and oxygen atoms in total. The molecule has 0 saturated carbocycles. The molecule has 2 N–H and O–H groups in total. The fraction of sp³-hybridized carbons (Fsp3) is 0.455. The lowest BCUT2D eigenvalue weighted by molar-refractivity contribution is 0.158. The number of nitrogens with one attached hydrogen (secondary N) is 1. The van der Waals surface area contributed by atoms with Gasteiger partial charge in [-0.05, 0) is 23.6 Å². The second kappa shape index (κ2) is 4.91. The van der Waals surface area contributed by atoms with Crippen molar-refractivity contribution in [3.8, 4) is 11.5 Å². The average Bonchev–Trinajstić information content (AvgIpc) is 2.30. The second-order valence-electron chi connectivity index (χ2n) is 3.54. The minimum absolute atomic E-state index is 0.347. The number of rotatable bonds is 3. The summed E-state index contributed by atoms with van der Waals surface area (Å²) >= 11 is 6.25. The summed E-state index contributed by atoms with van der Waals surface area (Å²) in [6, 6.07) is 1.86. The zero-order chi connectivity index (χ0) is 11.5. The molecule has 1 aromatic carbocycles. The number of ether oxygens (including phenoxy) is 2. The Balaban J connectivity index is 2.50. The quantitative estimate of drug-likeness (QED) is 0.799. The molecule has 1 heterocycles. The van der Waals surface area contributed by atoms with Crippen molar-refractivity contribution in [3.63, 3.8) is 0 Å². The van der Waals surface area contributed by atoms with E-state index in [9.17, 15) is 0 Å². The van der Waals surface area contributed by atoms with Crippen LogP contribution in [-0.2, 0) is 13.0 Å². The highest BCUT2D eigenvalue weighted by atomic mass is 35.5. The molecule has 0 aliphatic carbocycles. The highest BCUT2D eigenvalue weighted by Crippen LogP contribution is 2.41. The number of hydrogen-bond donors (Lipinski definition) is 2. The molecule has 0 aromatic heterocycles. The number of fused-ring (bicyclic) bond motifs is 1. The molecule has 16 heavy (non-hydrogen) atoms. The summed E-state index contributed by atoms with van der Waals surface area (Å²) in [4.78, 5) is 0. The van der Waals surface area contributed by atoms with Gasteiger partial charge in [-0.1, -0.05) is 18.5 Å². The van der Waals surface area contributed by atoms with Crippen molar-refractivity contribution in [1.82, 2.24) is 5.48 Å². The summed E-state index contributed by atoms with van der Waals surface area (Å²) in [7, 11) is 0. The first-order valence-corrected chi connectivity index (χ1v) is 5.62. The van der Waals surface area contributed by atoms with E-state index in [0.717, 1.165) is 17.5 Å². The molecule has 0 fully saturated rings. The van der Waals surface area contributed by atoms with E-state index in [1.807, 2.05) is 13.0 Å². The maximum Gasteiger partial charge on any atom is 0.180 e. The van der Waals surface area contributed by atoms with E-state index in [1.165, 1.54) is 0 Å². The van der Waals surface area contributed by atoms with Gasteiger partial charge in [0.15, 0.2) is 11.5 Å². The normalized spacial score (nSPS) is 13.9. The van der Waals surface area contributed by atoms with E-state index in [2.05, 4.69) is 5.48 Å². The van der Waals surface area contributed by atoms with Crippen LogP contribution in [0.2, 0.25) is 5.02 Å². The predicted molar refractivity (Wildman–Crippen MR) is 60.4 cm³/mol. The number of hydrogen-bond acceptors (Lipinski definition) is 4. The Kier molecular flexibility index (Phi) is 3.53. The van der Waals surface area contributed by atoms with Crippen LogP contribution in [0.3, 0.4) is 0 Å². The zero-order valence-electron chi connectivity index (χ0n) is 9.05. The molecule has 0 amide bonds. The van der Waals surface area contributed by atoms with Crippen molar-refractivity contribution in [2.75, 3.05) is 13.2 Å². The largest absolute Gasteiger partial charge is 0.486 e. The Morgan fingerprint density at radius 1 is 1.44 bits per heavy atom. The average molecular weight is 244 g/mol. The molecule has 5 heteroatoms. The molecule has 88 valence electrons. The van der Waals surface area contributed by atoms with Gasteiger partial charge in [-0.15, -0.1) is 0 Å². The molecule has 1 aliphatic heterocycles. The summed E-state index contributed by atoms with van der Waals surface area (Å²) in [6.07, 6.45) is 0.784. The molecule has 1 aromatic rings. The van der Waals surface area contributed by atoms with Crippen LogP contribution in [0.25, 0.3) is 0 Å². The van der Waals surface area contributed by atoms with Crippen molar-refractivity contribution in [1.29, 1.82) is 0 Å². The van der Waals surface area contributed by atoms with Gasteiger partial charge < -0.3 is 14.7 Å². The van der Waals surface area contributed by atoms with Crippen LogP contribution in [0.5, 0.6) is 11.5 Å². The molecule has 0 unspecified atom stereocenters. The van der Waals surface area contributed by atoms with Crippen molar-refractivity contribution in [2.45, 2.75) is 19.9 Å². The van der Waals surface area contributed by atoms with Crippen LogP contribution in [0.4, 0.5) is 0 Å². The second-order valence-corrected chi connectivity index (χ2v) is 3.92. The van der Waals surface area contributed by atoms with Gasteiger partial charge >= 0.3 is 0 Å². The van der Waals surface area contributed by atoms with Gasteiger partial charge in [0.25, 0.3) is 0 Å². The van der Waals surface area contributed by atoms with Crippen LogP contribution in [0.15, 0.2) is 6.07 Å². The summed E-state index contributed by atoms with van der Waals surface area (Å²) in [5, 5.41) is 9.36. The van der Waals surface area contributed by atoms with Gasteiger partial charge in [-0.3, -0.25) is 0 Å². The molecule has 1 aliphatic rings. The lowest BCUT2D eigenvalue weighted by Gasteiger charge is -2.22. The first-order valence-electron chi connectivity index (χ1n) is 5.24. The predicted octanol–water partition coefficient (Wildman–Crippen LogP) is 2.15. The third-order valence-corrected chi connectivity index (χ3v) is 2.99. The lowest BCUT2D eigenvalue weighted by Crippen LogP contribution is -2.17. The fourth-order valence-corrected chi connectivity index (χ4v) is 2.26. The van der Waals surface area contributed by atoms with Gasteiger partial charge in [-0.2, -0.15) is 0 Å². The molecule has 0 radical (unpaired) electrons. The Morgan fingerprint density at radius 2 is 2.19 bits per heavy atom. The molecule has 2 rings (SSSR count). The van der Waals surface area contributed by atoms with Crippen LogP contribution in [0, 0.1) is 0 Å². The Hall–Kier alpha value is -0.970. The van der Waals surface area contributed by atoms with E-state index >= 15 is 0 Å². The van der Waals surface area contributed by atoms with Crippen molar-refractivity contribution in [3.05, 3.63) is 22.2 Å². The first kappa shape index (κ1) is 11.5. The molecule has 0 spiro atoms. The summed E-state index contributed by atoms with van der Waals surface area (Å²) < 4.78 is 11.0. The maximum absolute atomic E-state index is 8.77. The highest BCUT2D eigenvalue weighted by Gasteiger charge is 2.20. The minimum atomic E-state index is 0.347. The monoisotopic (exact) mass is 243 g/mol. The van der Waals surface area contributed by atoms with E-state index in [-0.39, 0.29) is 0 Å². The zero-order valence-corrected chi connectivity index (χ0v) is 9.80. The van der Waals surface area contributed by atoms with E-state index < -0.39 is 0 Å². The Labute approximate surface area is 99.1 Å². The third-order valence-electron chi connectivity index (χ3n) is 2.59. The number of benzene rings is 1. The smallest absolute Gasteiger partial charge is 0.180 e. The van der Waals surface area contributed by atoms with Crippen molar-refractivity contribution in [2.24, 2.45) is 0 Å². The Morgan fingerprint density at radius 3 is 2.88 bits per heavy atom. The van der Waals surface area contributed by atoms with Crippen molar-refractivity contribution >= 4 is 11.6 Å². The van der Waals surface area contributed by atoms with Crippen LogP contribution < -0.4 is 15.0 Å². The molecular weight excluding hydrogens is 230 g/mol. The number of hydroxylamine groups is 1. The van der Waals surface area contributed by atoms with Gasteiger partial charge in [0.1, 0.15) is 13.2 Å². The SMILES string of the molecule is CCc1c(CNO)cc2c(c1Cl)OCCO2. The van der Waals surface area contributed by atoms with Gasteiger partial charge in [0.2, 0.25) is 0 Å². The van der Waals surface area contributed by atoms with Crippen LogP contribution in [-0.4, -0.2) is 18.4 Å². The molecule has 0 bridgehead atoms. The number of halogens is 1. The van der Waals surface area contributed by atoms with E-state index in [0.29, 0.717) is 36.3 Å². The fourth-order valence-electron chi connectivity index (χ4n) is 1.86. The van der Waals surface area contributed by atoms with E-state index in [4.69, 9.17) is 26.3 Å². The maximum atomic E-state index is 8.77. The summed E-state index contributed by atoms with van der Waals surface area (Å²) in [5.74, 6) is 1.27. The standard InChI is InChI=1S/C11H14ClNO3/c1-2-8-7(6-13-14)5-9-11(10(8)12)16-4-3-15-9/h5,13-14H,2-4,6H2,1H3. The van der Waals surface area contributed by atoms with Gasteiger partial charge in [-0.25, -0.2) is 5.48 Å².